The normalized spacial score (nSPS) is 11.7. The van der Waals surface area contributed by atoms with E-state index >= 15 is 0 Å². The van der Waals surface area contributed by atoms with Gasteiger partial charge in [-0.25, -0.2) is 13.6 Å². The highest BCUT2D eigenvalue weighted by Crippen LogP contribution is 2.32. The standard InChI is InChI=1S/C6H4Br3NO2S/c7-3-1-4(8)6(5(9)2-3)13(10,11)12/h1-2H,(H2,10,11,12). The van der Waals surface area contributed by atoms with Crippen molar-refractivity contribution in [1.82, 2.24) is 0 Å². The van der Waals surface area contributed by atoms with E-state index in [2.05, 4.69) is 47.8 Å². The predicted molar refractivity (Wildman–Crippen MR) is 60.9 cm³/mol. The maximum atomic E-state index is 11.1. The lowest BCUT2D eigenvalue weighted by molar-refractivity contribution is 0.597. The van der Waals surface area contributed by atoms with Gasteiger partial charge in [0.15, 0.2) is 0 Å². The molecule has 0 bridgehead atoms. The maximum Gasteiger partial charge on any atom is 0.240 e. The number of hydrogen-bond acceptors (Lipinski definition) is 2. The first-order valence-corrected chi connectivity index (χ1v) is 6.92. The monoisotopic (exact) mass is 391 g/mol. The van der Waals surface area contributed by atoms with Crippen LogP contribution in [0.3, 0.4) is 0 Å². The molecular weight excluding hydrogens is 390 g/mol. The molecule has 0 aromatic heterocycles. The van der Waals surface area contributed by atoms with E-state index in [1.54, 1.807) is 12.1 Å². The van der Waals surface area contributed by atoms with Gasteiger partial charge in [-0.3, -0.25) is 0 Å². The topological polar surface area (TPSA) is 60.2 Å². The second-order valence-electron chi connectivity index (χ2n) is 2.24. The molecule has 0 heterocycles. The van der Waals surface area contributed by atoms with Crippen LogP contribution in [0.4, 0.5) is 0 Å². The largest absolute Gasteiger partial charge is 0.240 e. The lowest BCUT2D eigenvalue weighted by Crippen LogP contribution is -2.13. The van der Waals surface area contributed by atoms with Crippen LogP contribution in [-0.2, 0) is 10.0 Å². The molecule has 0 fully saturated rings. The van der Waals surface area contributed by atoms with Crippen molar-refractivity contribution in [3.63, 3.8) is 0 Å². The highest BCUT2D eigenvalue weighted by atomic mass is 79.9. The first kappa shape index (κ1) is 11.6. The zero-order valence-corrected chi connectivity index (χ0v) is 11.7. The van der Waals surface area contributed by atoms with Gasteiger partial charge < -0.3 is 0 Å². The first-order chi connectivity index (χ1) is 5.82. The minimum atomic E-state index is -3.70. The summed E-state index contributed by atoms with van der Waals surface area (Å²) in [4.78, 5) is 0.0516. The molecule has 0 unspecified atom stereocenters. The molecule has 3 nitrogen and oxygen atoms in total. The highest BCUT2D eigenvalue weighted by molar-refractivity contribution is 9.11. The summed E-state index contributed by atoms with van der Waals surface area (Å²) < 4.78 is 23.8. The Morgan fingerprint density at radius 3 is 1.77 bits per heavy atom. The van der Waals surface area contributed by atoms with Crippen molar-refractivity contribution in [1.29, 1.82) is 0 Å². The van der Waals surface area contributed by atoms with Crippen molar-refractivity contribution in [3.8, 4) is 0 Å². The van der Waals surface area contributed by atoms with Crippen LogP contribution in [0, 0.1) is 0 Å². The Morgan fingerprint density at radius 1 is 1.08 bits per heavy atom. The second-order valence-corrected chi connectivity index (χ2v) is 6.37. The first-order valence-electron chi connectivity index (χ1n) is 2.99. The molecule has 1 aromatic carbocycles. The van der Waals surface area contributed by atoms with E-state index in [0.29, 0.717) is 8.95 Å². The number of hydrogen-bond donors (Lipinski definition) is 1. The average Bonchev–Trinajstić information content (AvgIpc) is 1.78. The fourth-order valence-corrected chi connectivity index (χ4v) is 5.07. The molecule has 0 atom stereocenters. The smallest absolute Gasteiger partial charge is 0.225 e. The number of benzene rings is 1. The third-order valence-electron chi connectivity index (χ3n) is 1.25. The molecule has 7 heteroatoms. The van der Waals surface area contributed by atoms with Gasteiger partial charge >= 0.3 is 0 Å². The molecule has 0 amide bonds. The Bertz CT molecular complexity index is 420. The van der Waals surface area contributed by atoms with Gasteiger partial charge in [0.25, 0.3) is 0 Å². The quantitative estimate of drug-likeness (QED) is 0.797. The van der Waals surface area contributed by atoms with E-state index in [0.717, 1.165) is 4.47 Å². The average molecular weight is 394 g/mol. The second kappa shape index (κ2) is 3.98. The van der Waals surface area contributed by atoms with Gasteiger partial charge in [0.2, 0.25) is 10.0 Å². The van der Waals surface area contributed by atoms with Gasteiger partial charge in [0.05, 0.1) is 0 Å². The van der Waals surface area contributed by atoms with Crippen LogP contribution in [0.2, 0.25) is 0 Å². The summed E-state index contributed by atoms with van der Waals surface area (Å²) in [7, 11) is -3.70. The Kier molecular flexibility index (Phi) is 3.56. The van der Waals surface area contributed by atoms with Crippen LogP contribution in [0.5, 0.6) is 0 Å². The van der Waals surface area contributed by atoms with Crippen LogP contribution in [0.1, 0.15) is 0 Å². The van der Waals surface area contributed by atoms with E-state index in [1.165, 1.54) is 0 Å². The van der Waals surface area contributed by atoms with Crippen molar-refractivity contribution >= 4 is 57.8 Å². The SMILES string of the molecule is NS(=O)(=O)c1c(Br)cc(Br)cc1Br. The highest BCUT2D eigenvalue weighted by Gasteiger charge is 2.17. The van der Waals surface area contributed by atoms with E-state index in [-0.39, 0.29) is 4.90 Å². The van der Waals surface area contributed by atoms with E-state index < -0.39 is 10.0 Å². The summed E-state index contributed by atoms with van der Waals surface area (Å²) in [6.45, 7) is 0. The Morgan fingerprint density at radius 2 is 1.46 bits per heavy atom. The van der Waals surface area contributed by atoms with Crippen molar-refractivity contribution in [2.24, 2.45) is 5.14 Å². The lowest BCUT2D eigenvalue weighted by atomic mass is 10.4. The summed E-state index contributed by atoms with van der Waals surface area (Å²) in [5.41, 5.74) is 0. The fraction of sp³-hybridized carbons (Fsp3) is 0. The summed E-state index contributed by atoms with van der Waals surface area (Å²) in [6, 6.07) is 3.23. The van der Waals surface area contributed by atoms with Gasteiger partial charge in [0.1, 0.15) is 4.90 Å². The van der Waals surface area contributed by atoms with Crippen LogP contribution in [0.25, 0.3) is 0 Å². The Balaban J connectivity index is 3.57. The summed E-state index contributed by atoms with van der Waals surface area (Å²) in [5, 5.41) is 5.01. The fourth-order valence-electron chi connectivity index (χ4n) is 0.801. The van der Waals surface area contributed by atoms with Gasteiger partial charge in [0, 0.05) is 13.4 Å². The summed E-state index contributed by atoms with van der Waals surface area (Å²) in [6.07, 6.45) is 0. The van der Waals surface area contributed by atoms with Crippen LogP contribution >= 0.6 is 47.8 Å². The molecule has 0 aliphatic heterocycles. The molecule has 0 saturated heterocycles. The molecule has 72 valence electrons. The van der Waals surface area contributed by atoms with Gasteiger partial charge in [-0.1, -0.05) is 15.9 Å². The number of nitrogens with two attached hydrogens (primary N) is 1. The molecule has 0 aliphatic carbocycles. The Hall–Kier alpha value is 0.570. The summed E-state index contributed by atoms with van der Waals surface area (Å²) >= 11 is 9.45. The minimum absolute atomic E-state index is 0.0516. The van der Waals surface area contributed by atoms with E-state index in [9.17, 15) is 8.42 Å². The predicted octanol–water partition coefficient (Wildman–Crippen LogP) is 2.62. The third kappa shape index (κ3) is 2.76. The molecule has 0 saturated carbocycles. The number of sulfonamides is 1. The van der Waals surface area contributed by atoms with Crippen molar-refractivity contribution < 1.29 is 8.42 Å². The molecule has 1 rings (SSSR count). The third-order valence-corrected chi connectivity index (χ3v) is 4.49. The van der Waals surface area contributed by atoms with Gasteiger partial charge in [-0.05, 0) is 44.0 Å². The molecule has 0 spiro atoms. The number of primary sulfonamides is 1. The van der Waals surface area contributed by atoms with E-state index in [1.807, 2.05) is 0 Å². The molecule has 1 aromatic rings. The minimum Gasteiger partial charge on any atom is -0.225 e. The van der Waals surface area contributed by atoms with Crippen LogP contribution in [0.15, 0.2) is 30.4 Å². The van der Waals surface area contributed by atoms with Crippen LogP contribution in [-0.4, -0.2) is 8.42 Å². The summed E-state index contributed by atoms with van der Waals surface area (Å²) in [5.74, 6) is 0. The van der Waals surface area contributed by atoms with Gasteiger partial charge in [-0.15, -0.1) is 0 Å². The van der Waals surface area contributed by atoms with E-state index in [4.69, 9.17) is 5.14 Å². The molecule has 0 aliphatic rings. The Labute approximate surface area is 101 Å². The lowest BCUT2D eigenvalue weighted by Gasteiger charge is -2.04. The molecule has 2 N–H and O–H groups in total. The maximum absolute atomic E-state index is 11.1. The van der Waals surface area contributed by atoms with Crippen LogP contribution < -0.4 is 5.14 Å². The van der Waals surface area contributed by atoms with Crippen molar-refractivity contribution in [3.05, 3.63) is 25.6 Å². The van der Waals surface area contributed by atoms with Crippen molar-refractivity contribution in [2.75, 3.05) is 0 Å². The number of halogens is 3. The molecular formula is C6H4Br3NO2S. The zero-order valence-electron chi connectivity index (χ0n) is 6.09. The van der Waals surface area contributed by atoms with Gasteiger partial charge in [-0.2, -0.15) is 0 Å². The van der Waals surface area contributed by atoms with Crippen molar-refractivity contribution in [2.45, 2.75) is 4.90 Å². The molecule has 0 radical (unpaired) electrons. The number of rotatable bonds is 1. The zero-order chi connectivity index (χ0) is 10.2. The molecule has 13 heavy (non-hydrogen) atoms.